The number of aromatic nitrogens is 4. The number of fused-ring (bicyclic) bond motifs is 4. The van der Waals surface area contributed by atoms with Crippen LogP contribution in [0.5, 0.6) is 5.75 Å². The first-order valence-electron chi connectivity index (χ1n) is 22.3. The maximum atomic E-state index is 14.3. The molecular formula is C48H53ClN10O5S. The monoisotopic (exact) mass is 916 g/mol. The first kappa shape index (κ1) is 43.3. The standard InChI is InChI=1S/C48H53ClN10O5S/c1-48(2)12-10-32(39(25-48)30-4-6-33(49)7-5-30)27-55-16-18-56(19-17-55)34-8-9-38(41(22-34)58-42-20-31-11-13-51-46(31)53-40(42)26-52-58)47(60)54-65-37-23-43(59(61)62)45(44(24-37)63-3)50-14-15-57-28-36-21-35(57)29-64-36/h4-9,11,13,20,22-24,26,35-36,50,52H,10,12,14-19,21,25,27-29H2,1-3H3,(H,54,60)/t35-,36-/m0/s1. The largest absolute Gasteiger partial charge is 0.494 e. The third-order valence-electron chi connectivity index (χ3n) is 13.5. The summed E-state index contributed by atoms with van der Waals surface area (Å²) in [6.45, 7) is 12.0. The molecule has 3 aromatic heterocycles. The van der Waals surface area contributed by atoms with Crippen molar-refractivity contribution in [3.05, 3.63) is 111 Å². The number of H-pyrrole nitrogens is 1. The summed E-state index contributed by atoms with van der Waals surface area (Å²) in [4.78, 5) is 43.2. The van der Waals surface area contributed by atoms with Gasteiger partial charge in [0.25, 0.3) is 11.6 Å². The van der Waals surface area contributed by atoms with E-state index in [-0.39, 0.29) is 23.1 Å². The number of hydrogen-bond acceptors (Lipinski definition) is 12. The van der Waals surface area contributed by atoms with Crippen LogP contribution >= 0.6 is 23.5 Å². The van der Waals surface area contributed by atoms with Gasteiger partial charge in [0.2, 0.25) is 0 Å². The zero-order valence-electron chi connectivity index (χ0n) is 36.8. The Morgan fingerprint density at radius 3 is 2.68 bits per heavy atom. The molecule has 6 heterocycles. The number of benzene rings is 3. The molecule has 2 bridgehead atoms. The molecule has 3 aromatic carbocycles. The van der Waals surface area contributed by atoms with Crippen LogP contribution in [-0.4, -0.2) is 119 Å². The van der Waals surface area contributed by atoms with Crippen molar-refractivity contribution in [1.82, 2.24) is 34.3 Å². The molecule has 338 valence electrons. The summed E-state index contributed by atoms with van der Waals surface area (Å²) < 4.78 is 16.2. The van der Waals surface area contributed by atoms with Crippen LogP contribution in [0.15, 0.2) is 89.6 Å². The number of carbonyl (C=O) groups is 1. The third kappa shape index (κ3) is 9.02. The van der Waals surface area contributed by atoms with Gasteiger partial charge >= 0.3 is 0 Å². The lowest BCUT2D eigenvalue weighted by molar-refractivity contribution is -0.384. The molecule has 17 heteroatoms. The number of amides is 1. The Balaban J connectivity index is 0.881. The van der Waals surface area contributed by atoms with Gasteiger partial charge in [0.15, 0.2) is 11.3 Å². The second kappa shape index (κ2) is 18.0. The van der Waals surface area contributed by atoms with E-state index in [1.165, 1.54) is 36.3 Å². The van der Waals surface area contributed by atoms with Crippen LogP contribution in [0.1, 0.15) is 55.5 Å². The van der Waals surface area contributed by atoms with E-state index in [0.717, 1.165) is 105 Å². The molecule has 0 saturated carbocycles. The van der Waals surface area contributed by atoms with Gasteiger partial charge in [0.05, 0.1) is 41.5 Å². The third-order valence-corrected chi connectivity index (χ3v) is 14.5. The van der Waals surface area contributed by atoms with Crippen molar-refractivity contribution < 1.29 is 19.2 Å². The number of anilines is 2. The van der Waals surface area contributed by atoms with Gasteiger partial charge in [-0.1, -0.05) is 43.2 Å². The SMILES string of the molecule is COc1cc(SNC(=O)c2ccc(N3CCN(CC4=C(c5ccc(Cl)cc5)CC(C)(C)CC4)CC3)cc2-n2[nH]cc3nc4nccc4cc32)cc([N+](=O)[O-])c1NCCN1C[C@@H]2C[C@H]1CO2. The van der Waals surface area contributed by atoms with Gasteiger partial charge in [-0.05, 0) is 103 Å². The molecule has 65 heavy (non-hydrogen) atoms. The molecule has 0 spiro atoms. The first-order chi connectivity index (χ1) is 31.5. The predicted octanol–water partition coefficient (Wildman–Crippen LogP) is 8.58. The second-order valence-electron chi connectivity index (χ2n) is 18.3. The Kier molecular flexibility index (Phi) is 12.0. The Morgan fingerprint density at radius 1 is 1.09 bits per heavy atom. The van der Waals surface area contributed by atoms with Crippen LogP contribution in [0.4, 0.5) is 17.1 Å². The van der Waals surface area contributed by atoms with Crippen LogP contribution in [0.2, 0.25) is 5.02 Å². The molecule has 10 rings (SSSR count). The highest BCUT2D eigenvalue weighted by molar-refractivity contribution is 7.98. The van der Waals surface area contributed by atoms with Crippen molar-refractivity contribution >= 4 is 74.2 Å². The minimum Gasteiger partial charge on any atom is -0.494 e. The lowest BCUT2D eigenvalue weighted by Crippen LogP contribution is -2.47. The number of hydrogen-bond donors (Lipinski definition) is 3. The van der Waals surface area contributed by atoms with E-state index in [1.807, 2.05) is 47.3 Å². The molecule has 1 amide bonds. The number of rotatable bonds is 14. The van der Waals surface area contributed by atoms with Crippen LogP contribution in [0.3, 0.4) is 0 Å². The number of carbonyl (C=O) groups excluding carboxylic acids is 1. The number of nitro benzene ring substituents is 1. The zero-order valence-corrected chi connectivity index (χ0v) is 38.4. The number of piperazine rings is 1. The smallest absolute Gasteiger partial charge is 0.297 e. The number of nitro groups is 1. The van der Waals surface area contributed by atoms with Crippen molar-refractivity contribution in [3.8, 4) is 11.4 Å². The Hall–Kier alpha value is -5.65. The molecule has 6 aromatic rings. The average molecular weight is 918 g/mol. The highest BCUT2D eigenvalue weighted by atomic mass is 35.5. The zero-order chi connectivity index (χ0) is 44.8. The number of pyridine rings is 1. The number of likely N-dealkylation sites (tertiary alicyclic amines) is 1. The summed E-state index contributed by atoms with van der Waals surface area (Å²) in [5.74, 6) is -0.0447. The number of ether oxygens (including phenoxy) is 2. The lowest BCUT2D eigenvalue weighted by atomic mass is 9.72. The quantitative estimate of drug-likeness (QED) is 0.0544. The number of halogens is 1. The number of methoxy groups -OCH3 is 1. The fourth-order valence-electron chi connectivity index (χ4n) is 9.96. The summed E-state index contributed by atoms with van der Waals surface area (Å²) in [7, 11) is 1.49. The number of nitrogens with one attached hydrogen (secondary N) is 3. The fraction of sp³-hybridized carbons (Fsp3) is 0.396. The van der Waals surface area contributed by atoms with E-state index in [4.69, 9.17) is 26.1 Å². The van der Waals surface area contributed by atoms with Gasteiger partial charge in [-0.15, -0.1) is 0 Å². The average Bonchev–Trinajstić information content (AvgIpc) is 4.14. The molecule has 3 N–H and O–H groups in total. The van der Waals surface area contributed by atoms with Gasteiger partial charge < -0.3 is 19.7 Å². The number of nitrogens with zero attached hydrogens (tertiary/aromatic N) is 7. The second-order valence-corrected chi connectivity index (χ2v) is 19.6. The predicted molar refractivity (Wildman–Crippen MR) is 257 cm³/mol. The fourth-order valence-corrected chi connectivity index (χ4v) is 10.7. The van der Waals surface area contributed by atoms with Gasteiger partial charge in [-0.2, -0.15) is 0 Å². The Morgan fingerprint density at radius 2 is 1.92 bits per heavy atom. The van der Waals surface area contributed by atoms with Crippen molar-refractivity contribution in [2.45, 2.75) is 56.6 Å². The summed E-state index contributed by atoms with van der Waals surface area (Å²) in [5.41, 5.74) is 8.88. The molecule has 15 nitrogen and oxygen atoms in total. The molecule has 3 aliphatic heterocycles. The molecule has 3 saturated heterocycles. The molecule has 3 fully saturated rings. The van der Waals surface area contributed by atoms with Crippen molar-refractivity contribution in [2.75, 3.05) is 76.3 Å². The molecular weight excluding hydrogens is 864 g/mol. The van der Waals surface area contributed by atoms with Crippen molar-refractivity contribution in [1.29, 1.82) is 0 Å². The number of allylic oxidation sites excluding steroid dienone is 1. The summed E-state index contributed by atoms with van der Waals surface area (Å²) in [6, 6.07) is 21.7. The molecule has 2 atom stereocenters. The van der Waals surface area contributed by atoms with Gasteiger partial charge in [0.1, 0.15) is 11.3 Å². The van der Waals surface area contributed by atoms with Crippen molar-refractivity contribution in [2.24, 2.45) is 5.41 Å². The minimum absolute atomic E-state index is 0.131. The summed E-state index contributed by atoms with van der Waals surface area (Å²) in [5, 5.41) is 20.6. The molecule has 1 aliphatic carbocycles. The maximum absolute atomic E-state index is 14.3. The number of aromatic amines is 1. The molecule has 0 radical (unpaired) electrons. The minimum atomic E-state index is -0.425. The number of morpholine rings is 1. The van der Waals surface area contributed by atoms with Crippen LogP contribution in [0, 0.1) is 15.5 Å². The van der Waals surface area contributed by atoms with E-state index in [0.29, 0.717) is 51.3 Å². The topological polar surface area (TPSA) is 159 Å². The summed E-state index contributed by atoms with van der Waals surface area (Å²) >= 11 is 7.28. The Bertz CT molecular complexity index is 2800. The van der Waals surface area contributed by atoms with Gasteiger partial charge in [-0.3, -0.25) is 39.2 Å². The highest BCUT2D eigenvalue weighted by Gasteiger charge is 2.38. The van der Waals surface area contributed by atoms with E-state index < -0.39 is 4.92 Å². The summed E-state index contributed by atoms with van der Waals surface area (Å²) in [6.07, 6.45) is 8.16. The van der Waals surface area contributed by atoms with Gasteiger partial charge in [-0.25, -0.2) is 9.97 Å². The highest BCUT2D eigenvalue weighted by Crippen LogP contribution is 2.44. The van der Waals surface area contributed by atoms with Gasteiger partial charge in [0, 0.05) is 97.9 Å². The Labute approximate surface area is 386 Å². The van der Waals surface area contributed by atoms with Crippen LogP contribution < -0.4 is 19.7 Å². The van der Waals surface area contributed by atoms with E-state index in [2.05, 4.69) is 66.9 Å². The lowest BCUT2D eigenvalue weighted by Gasteiger charge is -2.39. The van der Waals surface area contributed by atoms with E-state index >= 15 is 0 Å². The van der Waals surface area contributed by atoms with E-state index in [9.17, 15) is 14.9 Å². The van der Waals surface area contributed by atoms with Crippen LogP contribution in [-0.2, 0) is 4.74 Å². The van der Waals surface area contributed by atoms with E-state index in [1.54, 1.807) is 12.3 Å². The van der Waals surface area contributed by atoms with Crippen molar-refractivity contribution in [3.63, 3.8) is 0 Å². The normalized spacial score (nSPS) is 20.0. The maximum Gasteiger partial charge on any atom is 0.297 e. The molecule has 0 unspecified atom stereocenters. The van der Waals surface area contributed by atoms with Crippen LogP contribution in [0.25, 0.3) is 33.3 Å². The first-order valence-corrected chi connectivity index (χ1v) is 23.5. The molecule has 4 aliphatic rings.